The van der Waals surface area contributed by atoms with Gasteiger partial charge >= 0.3 is 17.9 Å². The van der Waals surface area contributed by atoms with Crippen LogP contribution in [0.2, 0.25) is 0 Å². The average molecular weight is 290 g/mol. The molecule has 0 heterocycles. The predicted molar refractivity (Wildman–Crippen MR) is 74.7 cm³/mol. The number of hydrogen-bond donors (Lipinski definition) is 2. The van der Waals surface area contributed by atoms with Gasteiger partial charge in [-0.15, -0.1) is 6.58 Å². The molecule has 1 rings (SSSR count). The van der Waals surface area contributed by atoms with Crippen LogP contribution in [0.1, 0.15) is 33.2 Å². The number of benzene rings is 1. The zero-order chi connectivity index (χ0) is 16.2. The molecule has 0 aromatic heterocycles. The van der Waals surface area contributed by atoms with E-state index in [-0.39, 0.29) is 28.9 Å². The number of carbonyl (C=O) groups excluding carboxylic acids is 1. The molecule has 0 atom stereocenters. The van der Waals surface area contributed by atoms with Gasteiger partial charge in [-0.25, -0.2) is 14.4 Å². The molecule has 1 aromatic rings. The highest BCUT2D eigenvalue weighted by Crippen LogP contribution is 2.27. The van der Waals surface area contributed by atoms with Crippen LogP contribution < -0.4 is 4.74 Å². The van der Waals surface area contributed by atoms with E-state index < -0.39 is 23.5 Å². The molecule has 21 heavy (non-hydrogen) atoms. The quantitative estimate of drug-likeness (QED) is 0.361. The number of aromatic carboxylic acids is 2. The van der Waals surface area contributed by atoms with Crippen LogP contribution in [-0.2, 0) is 11.2 Å². The van der Waals surface area contributed by atoms with E-state index in [1.165, 1.54) is 19.1 Å². The van der Waals surface area contributed by atoms with Gasteiger partial charge in [0, 0.05) is 11.1 Å². The van der Waals surface area contributed by atoms with Gasteiger partial charge in [0.05, 0.1) is 11.1 Å². The summed E-state index contributed by atoms with van der Waals surface area (Å²) < 4.78 is 5.04. The van der Waals surface area contributed by atoms with Crippen LogP contribution in [-0.4, -0.2) is 28.1 Å². The van der Waals surface area contributed by atoms with Crippen LogP contribution in [0.25, 0.3) is 0 Å². The van der Waals surface area contributed by atoms with Crippen LogP contribution in [0.3, 0.4) is 0 Å². The van der Waals surface area contributed by atoms with Crippen LogP contribution in [0.5, 0.6) is 5.75 Å². The van der Waals surface area contributed by atoms with E-state index in [1.807, 2.05) is 0 Å². The van der Waals surface area contributed by atoms with Crippen molar-refractivity contribution in [2.45, 2.75) is 13.3 Å². The molecule has 0 aliphatic heterocycles. The molecule has 0 aliphatic rings. The Morgan fingerprint density at radius 3 is 2.29 bits per heavy atom. The standard InChI is InChI=1S/C15H14O6/c1-4-5-9-11(21-15(20)8(2)3)7-6-10(13(16)17)12(9)14(18)19/h4,6-7H,1-2,5H2,3H3,(H,16,17)(H,18,19). The van der Waals surface area contributed by atoms with E-state index in [9.17, 15) is 19.5 Å². The Morgan fingerprint density at radius 1 is 1.24 bits per heavy atom. The first-order valence-electron chi connectivity index (χ1n) is 5.90. The smallest absolute Gasteiger partial charge is 0.338 e. The Labute approximate surface area is 121 Å². The van der Waals surface area contributed by atoms with Crippen molar-refractivity contribution >= 4 is 17.9 Å². The number of allylic oxidation sites excluding steroid dienone is 1. The molecule has 0 fully saturated rings. The molecule has 6 heteroatoms. The molecule has 0 aliphatic carbocycles. The second kappa shape index (κ2) is 6.51. The largest absolute Gasteiger partial charge is 0.478 e. The van der Waals surface area contributed by atoms with Gasteiger partial charge in [0.15, 0.2) is 0 Å². The average Bonchev–Trinajstić information content (AvgIpc) is 2.39. The summed E-state index contributed by atoms with van der Waals surface area (Å²) in [6.45, 7) is 8.36. The van der Waals surface area contributed by atoms with Crippen molar-refractivity contribution in [2.24, 2.45) is 0 Å². The summed E-state index contributed by atoms with van der Waals surface area (Å²) in [7, 11) is 0. The molecular weight excluding hydrogens is 276 g/mol. The Balaban J connectivity index is 3.52. The highest BCUT2D eigenvalue weighted by molar-refractivity contribution is 6.03. The van der Waals surface area contributed by atoms with E-state index in [1.54, 1.807) is 0 Å². The molecule has 0 spiro atoms. The second-order valence-electron chi connectivity index (χ2n) is 4.24. The first-order valence-corrected chi connectivity index (χ1v) is 5.90. The predicted octanol–water partition coefficient (Wildman–Crippen LogP) is 2.29. The summed E-state index contributed by atoms with van der Waals surface area (Å²) in [6, 6.07) is 2.33. The molecule has 0 amide bonds. The first kappa shape index (κ1) is 16.2. The maximum atomic E-state index is 11.6. The summed E-state index contributed by atoms with van der Waals surface area (Å²) in [5.74, 6) is -3.54. The van der Waals surface area contributed by atoms with Gasteiger partial charge in [-0.3, -0.25) is 0 Å². The molecule has 110 valence electrons. The second-order valence-corrected chi connectivity index (χ2v) is 4.24. The minimum Gasteiger partial charge on any atom is -0.478 e. The fourth-order valence-electron chi connectivity index (χ4n) is 1.68. The summed E-state index contributed by atoms with van der Waals surface area (Å²) in [4.78, 5) is 34.0. The lowest BCUT2D eigenvalue weighted by Gasteiger charge is -2.13. The zero-order valence-electron chi connectivity index (χ0n) is 11.4. The van der Waals surface area contributed by atoms with Gasteiger partial charge in [-0.2, -0.15) is 0 Å². The van der Waals surface area contributed by atoms with Gasteiger partial charge in [0.2, 0.25) is 0 Å². The Kier molecular flexibility index (Phi) is 5.01. The number of esters is 1. The molecule has 0 bridgehead atoms. The minimum atomic E-state index is -1.42. The number of carboxylic acids is 2. The van der Waals surface area contributed by atoms with Crippen molar-refractivity contribution < 1.29 is 29.3 Å². The topological polar surface area (TPSA) is 101 Å². The van der Waals surface area contributed by atoms with Gasteiger partial charge < -0.3 is 14.9 Å². The molecule has 0 radical (unpaired) electrons. The minimum absolute atomic E-state index is 0.0229. The van der Waals surface area contributed by atoms with E-state index in [0.717, 1.165) is 6.07 Å². The highest BCUT2D eigenvalue weighted by Gasteiger charge is 2.24. The van der Waals surface area contributed by atoms with Crippen LogP contribution in [0.4, 0.5) is 0 Å². The lowest BCUT2D eigenvalue weighted by molar-refractivity contribution is -0.130. The number of hydrogen-bond acceptors (Lipinski definition) is 4. The van der Waals surface area contributed by atoms with Gasteiger partial charge in [0.25, 0.3) is 0 Å². The molecule has 0 saturated heterocycles. The van der Waals surface area contributed by atoms with E-state index in [4.69, 9.17) is 9.84 Å². The maximum absolute atomic E-state index is 11.6. The van der Waals surface area contributed by atoms with Gasteiger partial charge in [0.1, 0.15) is 5.75 Å². The molecule has 0 unspecified atom stereocenters. The highest BCUT2D eigenvalue weighted by atomic mass is 16.5. The third-order valence-electron chi connectivity index (χ3n) is 2.61. The van der Waals surface area contributed by atoms with Gasteiger partial charge in [-0.05, 0) is 25.5 Å². The van der Waals surface area contributed by atoms with Crippen molar-refractivity contribution in [1.29, 1.82) is 0 Å². The normalized spacial score (nSPS) is 9.76. The zero-order valence-corrected chi connectivity index (χ0v) is 11.4. The first-order chi connectivity index (χ1) is 9.79. The van der Waals surface area contributed by atoms with E-state index in [0.29, 0.717) is 0 Å². The third-order valence-corrected chi connectivity index (χ3v) is 2.61. The molecular formula is C15H14O6. The molecule has 0 saturated carbocycles. The van der Waals surface area contributed by atoms with Crippen LogP contribution >= 0.6 is 0 Å². The van der Waals surface area contributed by atoms with Crippen molar-refractivity contribution in [3.63, 3.8) is 0 Å². The maximum Gasteiger partial charge on any atom is 0.338 e. The Bertz CT molecular complexity index is 642. The van der Waals surface area contributed by atoms with Gasteiger partial charge in [-0.1, -0.05) is 12.7 Å². The SMILES string of the molecule is C=CCc1c(OC(=O)C(=C)C)ccc(C(=O)O)c1C(=O)O. The number of carboxylic acid groups (broad SMARTS) is 2. The fraction of sp³-hybridized carbons (Fsp3) is 0.133. The fourth-order valence-corrected chi connectivity index (χ4v) is 1.68. The lowest BCUT2D eigenvalue weighted by Crippen LogP contribution is -2.15. The molecule has 1 aromatic carbocycles. The Hall–Kier alpha value is -2.89. The van der Waals surface area contributed by atoms with E-state index >= 15 is 0 Å². The van der Waals surface area contributed by atoms with Crippen molar-refractivity contribution in [2.75, 3.05) is 0 Å². The van der Waals surface area contributed by atoms with E-state index in [2.05, 4.69) is 13.2 Å². The monoisotopic (exact) mass is 290 g/mol. The summed E-state index contributed by atoms with van der Waals surface area (Å²) in [5.41, 5.74) is -0.588. The van der Waals surface area contributed by atoms with Crippen molar-refractivity contribution in [3.8, 4) is 5.75 Å². The lowest BCUT2D eigenvalue weighted by atomic mass is 9.97. The van der Waals surface area contributed by atoms with Crippen LogP contribution in [0, 0.1) is 0 Å². The summed E-state index contributed by atoms with van der Waals surface area (Å²) in [6.07, 6.45) is 1.44. The summed E-state index contributed by atoms with van der Waals surface area (Å²) in [5, 5.41) is 18.3. The Morgan fingerprint density at radius 2 is 1.86 bits per heavy atom. The van der Waals surface area contributed by atoms with Crippen LogP contribution in [0.15, 0.2) is 36.9 Å². The summed E-state index contributed by atoms with van der Waals surface area (Å²) >= 11 is 0. The number of ether oxygens (including phenoxy) is 1. The molecule has 6 nitrogen and oxygen atoms in total. The van der Waals surface area contributed by atoms with Crippen molar-refractivity contribution in [1.82, 2.24) is 0 Å². The third kappa shape index (κ3) is 3.56. The molecule has 2 N–H and O–H groups in total. The van der Waals surface area contributed by atoms with Crippen molar-refractivity contribution in [3.05, 3.63) is 53.6 Å². The number of rotatable bonds is 6. The number of carbonyl (C=O) groups is 3.